The highest BCUT2D eigenvalue weighted by Crippen LogP contribution is 2.37. The molecule has 0 fully saturated rings. The van der Waals surface area contributed by atoms with Gasteiger partial charge < -0.3 is 25.8 Å². The lowest BCUT2D eigenvalue weighted by Gasteiger charge is -2.16. The van der Waals surface area contributed by atoms with Crippen molar-refractivity contribution in [3.05, 3.63) is 53.3 Å². The van der Waals surface area contributed by atoms with Crippen LogP contribution < -0.4 is 25.8 Å². The Morgan fingerprint density at radius 3 is 2.20 bits per heavy atom. The van der Waals surface area contributed by atoms with E-state index in [1.807, 2.05) is 0 Å². The monoisotopic (exact) mass is 439 g/mol. The number of nitrogens with zero attached hydrogens (tertiary/aromatic N) is 2. The van der Waals surface area contributed by atoms with E-state index in [2.05, 4.69) is 20.6 Å². The lowest BCUT2D eigenvalue weighted by atomic mass is 10.2. The Morgan fingerprint density at radius 1 is 0.933 bits per heavy atom. The highest BCUT2D eigenvalue weighted by atomic mass is 35.5. The Labute approximate surface area is 175 Å². The molecule has 0 aliphatic carbocycles. The van der Waals surface area contributed by atoms with Crippen molar-refractivity contribution >= 4 is 40.3 Å². The lowest BCUT2D eigenvalue weighted by Crippen LogP contribution is -2.08. The molecule has 0 bridgehead atoms. The molecule has 0 aliphatic rings. The number of anilines is 5. The molecular weight excluding hydrogens is 423 g/mol. The molecule has 2 aromatic carbocycles. The third-order valence-electron chi connectivity index (χ3n) is 4.09. The van der Waals surface area contributed by atoms with Crippen LogP contribution in [0.2, 0.25) is 5.02 Å². The predicted octanol–water partition coefficient (Wildman–Crippen LogP) is 5.24. The third-order valence-corrected chi connectivity index (χ3v) is 4.42. The molecule has 11 heteroatoms. The highest BCUT2D eigenvalue weighted by Gasteiger charge is 2.31. The summed E-state index contributed by atoms with van der Waals surface area (Å²) in [6.45, 7) is 0. The topological polar surface area (TPSA) is 94.3 Å². The molecule has 0 saturated carbocycles. The van der Waals surface area contributed by atoms with E-state index in [0.717, 1.165) is 18.2 Å². The number of ether oxygens (including phenoxy) is 2. The number of rotatable bonds is 6. The zero-order valence-corrected chi connectivity index (χ0v) is 16.6. The molecule has 4 N–H and O–H groups in total. The summed E-state index contributed by atoms with van der Waals surface area (Å²) >= 11 is 6.03. The molecule has 158 valence electrons. The molecule has 0 saturated heterocycles. The smallest absolute Gasteiger partial charge is 0.416 e. The van der Waals surface area contributed by atoms with E-state index in [-0.39, 0.29) is 28.0 Å². The molecule has 0 unspecified atom stereocenters. The normalized spacial score (nSPS) is 11.1. The molecule has 3 aromatic rings. The van der Waals surface area contributed by atoms with E-state index in [9.17, 15) is 13.2 Å². The number of halogens is 4. The van der Waals surface area contributed by atoms with E-state index in [1.54, 1.807) is 18.2 Å². The molecule has 1 heterocycles. The fourth-order valence-corrected chi connectivity index (χ4v) is 2.72. The number of alkyl halides is 3. The number of aromatic nitrogens is 2. The van der Waals surface area contributed by atoms with Crippen LogP contribution in [0, 0.1) is 0 Å². The van der Waals surface area contributed by atoms with Gasteiger partial charge in [-0.15, -0.1) is 0 Å². The van der Waals surface area contributed by atoms with Gasteiger partial charge in [0.2, 0.25) is 0 Å². The van der Waals surface area contributed by atoms with Gasteiger partial charge in [-0.3, -0.25) is 0 Å². The van der Waals surface area contributed by atoms with E-state index < -0.39 is 11.7 Å². The van der Waals surface area contributed by atoms with Gasteiger partial charge in [0.15, 0.2) is 11.6 Å². The summed E-state index contributed by atoms with van der Waals surface area (Å²) in [5.41, 5.74) is 5.85. The highest BCUT2D eigenvalue weighted by molar-refractivity contribution is 6.33. The number of nitrogen functional groups attached to an aromatic ring is 1. The van der Waals surface area contributed by atoms with Crippen molar-refractivity contribution in [3.8, 4) is 11.5 Å². The summed E-state index contributed by atoms with van der Waals surface area (Å²) in [5, 5.41) is 5.81. The largest absolute Gasteiger partial charge is 0.497 e. The van der Waals surface area contributed by atoms with Gasteiger partial charge >= 0.3 is 6.18 Å². The fraction of sp³-hybridized carbons (Fsp3) is 0.158. The molecule has 0 atom stereocenters. The summed E-state index contributed by atoms with van der Waals surface area (Å²) in [5.74, 6) is 1.36. The Hall–Kier alpha value is -3.40. The first-order chi connectivity index (χ1) is 14.2. The first kappa shape index (κ1) is 21.3. The van der Waals surface area contributed by atoms with Crippen molar-refractivity contribution in [1.82, 2.24) is 9.97 Å². The number of methoxy groups -OCH3 is 2. The van der Waals surface area contributed by atoms with E-state index in [1.165, 1.54) is 20.5 Å². The quantitative estimate of drug-likeness (QED) is 0.483. The predicted molar refractivity (Wildman–Crippen MR) is 109 cm³/mol. The van der Waals surface area contributed by atoms with Gasteiger partial charge in [-0.25, -0.2) is 9.97 Å². The Morgan fingerprint density at radius 2 is 1.60 bits per heavy atom. The second-order valence-corrected chi connectivity index (χ2v) is 6.40. The minimum absolute atomic E-state index is 0.00167. The molecule has 7 nitrogen and oxygen atoms in total. The molecule has 0 radical (unpaired) electrons. The number of nitrogens with one attached hydrogen (secondary N) is 2. The van der Waals surface area contributed by atoms with Gasteiger partial charge in [-0.05, 0) is 30.3 Å². The van der Waals surface area contributed by atoms with Crippen molar-refractivity contribution in [2.75, 3.05) is 30.6 Å². The molecule has 0 aliphatic heterocycles. The van der Waals surface area contributed by atoms with Crippen LogP contribution >= 0.6 is 11.6 Å². The SMILES string of the molecule is COc1ccc(OC)c(Nc2ncnc(Nc3cc(C(F)(F)F)ccc3Cl)c2N)c1. The summed E-state index contributed by atoms with van der Waals surface area (Å²) < 4.78 is 49.5. The van der Waals surface area contributed by atoms with Gasteiger partial charge in [0.25, 0.3) is 0 Å². The summed E-state index contributed by atoms with van der Waals surface area (Å²) in [6, 6.07) is 8.00. The zero-order chi connectivity index (χ0) is 21.9. The van der Waals surface area contributed by atoms with Crippen LogP contribution in [-0.4, -0.2) is 24.2 Å². The Kier molecular flexibility index (Phi) is 6.06. The fourth-order valence-electron chi connectivity index (χ4n) is 2.56. The maximum Gasteiger partial charge on any atom is 0.416 e. The van der Waals surface area contributed by atoms with Gasteiger partial charge in [-0.2, -0.15) is 13.2 Å². The maximum atomic E-state index is 13.0. The third kappa shape index (κ3) is 4.60. The first-order valence-electron chi connectivity index (χ1n) is 8.46. The summed E-state index contributed by atoms with van der Waals surface area (Å²) in [7, 11) is 3.02. The van der Waals surface area contributed by atoms with Crippen LogP contribution in [0.3, 0.4) is 0 Å². The summed E-state index contributed by atoms with van der Waals surface area (Å²) in [4.78, 5) is 8.09. The Bertz CT molecular complexity index is 1060. The van der Waals surface area contributed by atoms with Crippen LogP contribution in [0.5, 0.6) is 11.5 Å². The first-order valence-corrected chi connectivity index (χ1v) is 8.84. The maximum absolute atomic E-state index is 13.0. The lowest BCUT2D eigenvalue weighted by molar-refractivity contribution is -0.137. The van der Waals surface area contributed by atoms with Crippen molar-refractivity contribution in [2.24, 2.45) is 0 Å². The van der Waals surface area contributed by atoms with Crippen LogP contribution in [0.4, 0.5) is 41.9 Å². The van der Waals surface area contributed by atoms with Crippen molar-refractivity contribution in [3.63, 3.8) is 0 Å². The average Bonchev–Trinajstić information content (AvgIpc) is 2.71. The molecule has 0 amide bonds. The average molecular weight is 440 g/mol. The van der Waals surface area contributed by atoms with Gasteiger partial charge in [0.1, 0.15) is 23.5 Å². The van der Waals surface area contributed by atoms with Crippen molar-refractivity contribution < 1.29 is 22.6 Å². The summed E-state index contributed by atoms with van der Waals surface area (Å²) in [6.07, 6.45) is -3.32. The second kappa shape index (κ2) is 8.54. The molecule has 30 heavy (non-hydrogen) atoms. The number of hydrogen-bond donors (Lipinski definition) is 3. The van der Waals surface area contributed by atoms with Gasteiger partial charge in [0, 0.05) is 6.07 Å². The molecular formula is C19H17ClF3N5O2. The number of nitrogens with two attached hydrogens (primary N) is 1. The van der Waals surface area contributed by atoms with Crippen molar-refractivity contribution in [1.29, 1.82) is 0 Å². The van der Waals surface area contributed by atoms with E-state index in [4.69, 9.17) is 26.8 Å². The van der Waals surface area contributed by atoms with Crippen LogP contribution in [0.25, 0.3) is 0 Å². The minimum Gasteiger partial charge on any atom is -0.497 e. The number of hydrogen-bond acceptors (Lipinski definition) is 7. The van der Waals surface area contributed by atoms with Crippen LogP contribution in [-0.2, 0) is 6.18 Å². The number of benzene rings is 2. The molecule has 3 rings (SSSR count). The standard InChI is InChI=1S/C19H17ClF3N5O2/c1-29-11-4-6-15(30-2)14(8-11)28-18-16(24)17(25-9-26-18)27-13-7-10(19(21,22)23)3-5-12(13)20/h3-9H,24H2,1-2H3,(H2,25,26,27,28). The van der Waals surface area contributed by atoms with Gasteiger partial charge in [-0.1, -0.05) is 11.6 Å². The zero-order valence-electron chi connectivity index (χ0n) is 15.8. The molecule has 0 spiro atoms. The van der Waals surface area contributed by atoms with E-state index >= 15 is 0 Å². The Balaban J connectivity index is 1.94. The van der Waals surface area contributed by atoms with Gasteiger partial charge in [0.05, 0.1) is 36.2 Å². The van der Waals surface area contributed by atoms with Crippen LogP contribution in [0.15, 0.2) is 42.7 Å². The van der Waals surface area contributed by atoms with Crippen LogP contribution in [0.1, 0.15) is 5.56 Å². The minimum atomic E-state index is -4.52. The molecule has 1 aromatic heterocycles. The second-order valence-electron chi connectivity index (χ2n) is 5.99. The van der Waals surface area contributed by atoms with Crippen molar-refractivity contribution in [2.45, 2.75) is 6.18 Å². The van der Waals surface area contributed by atoms with E-state index in [0.29, 0.717) is 17.2 Å².